The third-order valence-corrected chi connectivity index (χ3v) is 5.28. The third kappa shape index (κ3) is 3.26. The van der Waals surface area contributed by atoms with Crippen molar-refractivity contribution in [2.45, 2.75) is 45.7 Å². The molecule has 0 radical (unpaired) electrons. The molecule has 0 N–H and O–H groups in total. The van der Waals surface area contributed by atoms with Gasteiger partial charge in [-0.1, -0.05) is 25.1 Å². The van der Waals surface area contributed by atoms with E-state index in [9.17, 15) is 4.79 Å². The van der Waals surface area contributed by atoms with E-state index in [1.54, 1.807) is 11.3 Å². The lowest BCUT2D eigenvalue weighted by atomic mass is 10.2. The number of carbonyl (C=O) groups is 1. The molecule has 0 saturated heterocycles. The first-order valence-corrected chi connectivity index (χ1v) is 9.56. The first kappa shape index (κ1) is 16.9. The molecule has 0 unspecified atom stereocenters. The second-order valence-electron chi connectivity index (χ2n) is 6.59. The number of amides is 1. The summed E-state index contributed by atoms with van der Waals surface area (Å²) in [5.41, 5.74) is 0. The van der Waals surface area contributed by atoms with Crippen LogP contribution in [0.3, 0.4) is 0 Å². The maximum absolute atomic E-state index is 12.5. The molecule has 3 aromatic heterocycles. The number of rotatable bonds is 5. The Hall–Kier alpha value is -2.55. The average Bonchev–Trinajstić information content (AvgIpc) is 3.38. The second kappa shape index (κ2) is 6.99. The quantitative estimate of drug-likeness (QED) is 0.683. The molecule has 136 valence electrons. The summed E-state index contributed by atoms with van der Waals surface area (Å²) in [5, 5.41) is 14.4. The molecule has 0 bridgehead atoms. The van der Waals surface area contributed by atoms with Crippen LogP contribution >= 0.6 is 11.3 Å². The predicted octanol–water partition coefficient (Wildman–Crippen LogP) is 2.49. The fourth-order valence-electron chi connectivity index (χ4n) is 3.05. The Morgan fingerprint density at radius 2 is 2.23 bits per heavy atom. The van der Waals surface area contributed by atoms with Gasteiger partial charge in [-0.3, -0.25) is 4.79 Å². The van der Waals surface area contributed by atoms with Crippen molar-refractivity contribution in [2.75, 3.05) is 6.54 Å². The fourth-order valence-corrected chi connectivity index (χ4v) is 3.70. The minimum Gasteiger partial charge on any atom is -0.339 e. The fraction of sp³-hybridized carbons (Fsp3) is 0.471. The third-order valence-electron chi connectivity index (χ3n) is 4.41. The van der Waals surface area contributed by atoms with Crippen LogP contribution in [-0.4, -0.2) is 42.3 Å². The molecule has 4 rings (SSSR count). The lowest BCUT2D eigenvalue weighted by Gasteiger charge is -2.28. The van der Waals surface area contributed by atoms with Crippen LogP contribution in [0.2, 0.25) is 0 Å². The van der Waals surface area contributed by atoms with Crippen molar-refractivity contribution in [3.8, 4) is 10.7 Å². The number of aryl methyl sites for hydroxylation is 1. The molecule has 1 aliphatic heterocycles. The van der Waals surface area contributed by atoms with Gasteiger partial charge in [0.05, 0.1) is 11.4 Å². The number of nitrogens with zero attached hydrogens (tertiary/aromatic N) is 6. The highest BCUT2D eigenvalue weighted by molar-refractivity contribution is 7.13. The minimum absolute atomic E-state index is 0.0706. The summed E-state index contributed by atoms with van der Waals surface area (Å²) in [6, 6.07) is 3.89. The molecule has 0 aromatic carbocycles. The smallest absolute Gasteiger partial charge is 0.227 e. The van der Waals surface area contributed by atoms with Crippen molar-refractivity contribution in [1.29, 1.82) is 0 Å². The van der Waals surface area contributed by atoms with Crippen molar-refractivity contribution in [3.05, 3.63) is 35.1 Å². The van der Waals surface area contributed by atoms with Gasteiger partial charge in [-0.2, -0.15) is 4.98 Å². The summed E-state index contributed by atoms with van der Waals surface area (Å²) >= 11 is 1.56. The van der Waals surface area contributed by atoms with Crippen molar-refractivity contribution in [3.63, 3.8) is 0 Å². The number of fused-ring (bicyclic) bond motifs is 1. The Bertz CT molecular complexity index is 898. The van der Waals surface area contributed by atoms with Gasteiger partial charge in [-0.25, -0.2) is 0 Å². The number of thiophene rings is 1. The molecular weight excluding hydrogens is 352 g/mol. The number of carbonyl (C=O) groups excluding carboxylic acids is 1. The largest absolute Gasteiger partial charge is 0.339 e. The van der Waals surface area contributed by atoms with Crippen molar-refractivity contribution in [2.24, 2.45) is 0 Å². The van der Waals surface area contributed by atoms with Crippen molar-refractivity contribution >= 4 is 17.2 Å². The summed E-state index contributed by atoms with van der Waals surface area (Å²) in [6.45, 7) is 6.12. The molecule has 0 atom stereocenters. The van der Waals surface area contributed by atoms with E-state index < -0.39 is 0 Å². The second-order valence-corrected chi connectivity index (χ2v) is 7.53. The number of hydrogen-bond donors (Lipinski definition) is 0. The van der Waals surface area contributed by atoms with Gasteiger partial charge >= 0.3 is 0 Å². The highest BCUT2D eigenvalue weighted by Crippen LogP contribution is 2.22. The number of aromatic nitrogens is 5. The van der Waals surface area contributed by atoms with Gasteiger partial charge in [0.25, 0.3) is 0 Å². The highest BCUT2D eigenvalue weighted by atomic mass is 32.1. The summed E-state index contributed by atoms with van der Waals surface area (Å²) in [6.07, 6.45) is 0.787. The van der Waals surface area contributed by atoms with Gasteiger partial charge in [-0.15, -0.1) is 21.5 Å². The van der Waals surface area contributed by atoms with Crippen LogP contribution in [0.5, 0.6) is 0 Å². The zero-order valence-corrected chi connectivity index (χ0v) is 15.6. The van der Waals surface area contributed by atoms with Crippen LogP contribution in [0.1, 0.15) is 43.7 Å². The summed E-state index contributed by atoms with van der Waals surface area (Å²) in [7, 11) is 0. The SMILES string of the molecule is CC(C)c1nnc2n1CCN(C(=O)CCc1nc(-c3cccs3)no1)C2. The minimum atomic E-state index is 0.0706. The van der Waals surface area contributed by atoms with Crippen LogP contribution in [0.25, 0.3) is 10.7 Å². The maximum Gasteiger partial charge on any atom is 0.227 e. The van der Waals surface area contributed by atoms with E-state index >= 15 is 0 Å². The Labute approximate surface area is 154 Å². The van der Waals surface area contributed by atoms with Crippen LogP contribution in [0.15, 0.2) is 22.0 Å². The van der Waals surface area contributed by atoms with Crippen LogP contribution in [-0.2, 0) is 24.3 Å². The van der Waals surface area contributed by atoms with Crippen LogP contribution in [0, 0.1) is 0 Å². The van der Waals surface area contributed by atoms with Crippen LogP contribution in [0.4, 0.5) is 0 Å². The molecule has 1 amide bonds. The van der Waals surface area contributed by atoms with Gasteiger partial charge < -0.3 is 14.0 Å². The Morgan fingerprint density at radius 3 is 3.00 bits per heavy atom. The zero-order valence-electron chi connectivity index (χ0n) is 14.8. The molecule has 0 saturated carbocycles. The molecule has 1 aliphatic rings. The van der Waals surface area contributed by atoms with Gasteiger partial charge in [0.1, 0.15) is 5.82 Å². The van der Waals surface area contributed by atoms with E-state index in [4.69, 9.17) is 4.52 Å². The van der Waals surface area contributed by atoms with Gasteiger partial charge in [-0.05, 0) is 11.4 Å². The van der Waals surface area contributed by atoms with E-state index in [0.29, 0.717) is 43.6 Å². The Balaban J connectivity index is 1.35. The lowest BCUT2D eigenvalue weighted by Crippen LogP contribution is -2.39. The molecular formula is C17H20N6O2S. The molecule has 0 aliphatic carbocycles. The molecule has 4 heterocycles. The van der Waals surface area contributed by atoms with E-state index in [2.05, 4.69) is 38.8 Å². The van der Waals surface area contributed by atoms with E-state index in [0.717, 1.165) is 23.1 Å². The summed E-state index contributed by atoms with van der Waals surface area (Å²) in [4.78, 5) is 19.7. The topological polar surface area (TPSA) is 89.9 Å². The molecule has 26 heavy (non-hydrogen) atoms. The predicted molar refractivity (Wildman–Crippen MR) is 95.5 cm³/mol. The Morgan fingerprint density at radius 1 is 1.35 bits per heavy atom. The van der Waals surface area contributed by atoms with E-state index in [-0.39, 0.29) is 5.91 Å². The van der Waals surface area contributed by atoms with Gasteiger partial charge in [0.15, 0.2) is 5.82 Å². The lowest BCUT2D eigenvalue weighted by molar-refractivity contribution is -0.132. The standard InChI is InChI=1S/C17H20N6O2S/c1-11(2)17-20-19-13-10-22(7-8-23(13)17)15(24)6-5-14-18-16(21-25-14)12-4-3-9-26-12/h3-4,9,11H,5-8,10H2,1-2H3. The first-order valence-electron chi connectivity index (χ1n) is 8.68. The van der Waals surface area contributed by atoms with Crippen LogP contribution < -0.4 is 0 Å². The molecule has 0 fully saturated rings. The summed E-state index contributed by atoms with van der Waals surface area (Å²) in [5.74, 6) is 3.30. The Kier molecular flexibility index (Phi) is 4.54. The normalized spacial score (nSPS) is 14.0. The first-order chi connectivity index (χ1) is 12.6. The van der Waals surface area contributed by atoms with Gasteiger partial charge in [0.2, 0.25) is 17.6 Å². The monoisotopic (exact) mass is 372 g/mol. The summed E-state index contributed by atoms with van der Waals surface area (Å²) < 4.78 is 7.39. The van der Waals surface area contributed by atoms with Gasteiger partial charge in [0, 0.05) is 31.8 Å². The molecule has 0 spiro atoms. The van der Waals surface area contributed by atoms with Crippen molar-refractivity contribution < 1.29 is 9.32 Å². The number of hydrogen-bond acceptors (Lipinski definition) is 7. The van der Waals surface area contributed by atoms with Crippen molar-refractivity contribution in [1.82, 2.24) is 29.8 Å². The maximum atomic E-state index is 12.5. The molecule has 8 nitrogen and oxygen atoms in total. The zero-order chi connectivity index (χ0) is 18.1. The molecule has 3 aromatic rings. The van der Waals surface area contributed by atoms with E-state index in [1.807, 2.05) is 22.4 Å². The average molecular weight is 372 g/mol. The molecule has 9 heteroatoms. The van der Waals surface area contributed by atoms with E-state index in [1.165, 1.54) is 0 Å². The highest BCUT2D eigenvalue weighted by Gasteiger charge is 2.25.